The first-order valence-electron chi connectivity index (χ1n) is 9.72. The van der Waals surface area contributed by atoms with E-state index in [0.717, 1.165) is 19.3 Å². The van der Waals surface area contributed by atoms with Gasteiger partial charge in [-0.2, -0.15) is 8.42 Å². The Kier molecular flexibility index (Phi) is 15.2. The maximum atomic E-state index is 10.5. The van der Waals surface area contributed by atoms with Crippen LogP contribution >= 0.6 is 0 Å². The first-order chi connectivity index (χ1) is 12.3. The summed E-state index contributed by atoms with van der Waals surface area (Å²) in [7, 11) is -4.82. The van der Waals surface area contributed by atoms with Crippen molar-refractivity contribution in [3.05, 3.63) is 12.2 Å². The van der Waals surface area contributed by atoms with Crippen LogP contribution in [0.4, 0.5) is 0 Å². The lowest BCUT2D eigenvalue weighted by Crippen LogP contribution is -2.46. The molecule has 0 radical (unpaired) electrons. The van der Waals surface area contributed by atoms with Gasteiger partial charge in [-0.15, -0.1) is 0 Å². The maximum absolute atomic E-state index is 10.5. The third-order valence-corrected chi connectivity index (χ3v) is 4.69. The van der Waals surface area contributed by atoms with E-state index in [1.165, 1.54) is 63.9 Å². The molecule has 0 heterocycles. The van der Waals surface area contributed by atoms with Gasteiger partial charge in [-0.25, -0.2) is 4.18 Å². The van der Waals surface area contributed by atoms with Crippen LogP contribution in [-0.2, 0) is 14.6 Å². The van der Waals surface area contributed by atoms with Crippen molar-refractivity contribution in [1.29, 1.82) is 0 Å². The molecule has 7 nitrogen and oxygen atoms in total. The van der Waals surface area contributed by atoms with Crippen molar-refractivity contribution in [2.45, 2.75) is 102 Å². The summed E-state index contributed by atoms with van der Waals surface area (Å²) in [5.74, 6) is 0. The van der Waals surface area contributed by atoms with E-state index in [9.17, 15) is 18.6 Å². The van der Waals surface area contributed by atoms with Gasteiger partial charge in [0.25, 0.3) is 0 Å². The molecule has 26 heavy (non-hydrogen) atoms. The second-order valence-corrected chi connectivity index (χ2v) is 7.78. The SMILES string of the molecule is CCCCCCCCCCCCC/C=C/[C@@H](O)[C@H](N)C(O)OS(=O)(=O)O. The fourth-order valence-electron chi connectivity index (χ4n) is 2.65. The van der Waals surface area contributed by atoms with Gasteiger partial charge in [-0.05, 0) is 12.8 Å². The van der Waals surface area contributed by atoms with Crippen LogP contribution in [0.15, 0.2) is 12.2 Å². The van der Waals surface area contributed by atoms with Crippen molar-refractivity contribution in [3.8, 4) is 0 Å². The summed E-state index contributed by atoms with van der Waals surface area (Å²) < 4.78 is 33.3. The highest BCUT2D eigenvalue weighted by Gasteiger charge is 2.26. The number of rotatable bonds is 17. The molecule has 0 fully saturated rings. The quantitative estimate of drug-likeness (QED) is 0.129. The van der Waals surface area contributed by atoms with E-state index in [1.54, 1.807) is 6.08 Å². The number of nitrogens with two attached hydrogens (primary N) is 1. The standard InChI is InChI=1S/C18H37NO6S/c1-2-3-4-5-6-7-8-9-10-11-12-13-14-15-16(20)17(19)18(21)25-26(22,23)24/h14-18,20-21H,2-13,19H2,1H3,(H,22,23,24)/b15-14+/t16-,17+,18?/m1/s1. The van der Waals surface area contributed by atoms with E-state index in [0.29, 0.717) is 0 Å². The number of aliphatic hydroxyl groups is 2. The molecule has 1 unspecified atom stereocenters. The van der Waals surface area contributed by atoms with E-state index in [-0.39, 0.29) is 0 Å². The molecule has 0 aromatic heterocycles. The zero-order valence-electron chi connectivity index (χ0n) is 15.9. The predicted octanol–water partition coefficient (Wildman–Crippen LogP) is 3.07. The van der Waals surface area contributed by atoms with Gasteiger partial charge in [-0.3, -0.25) is 4.55 Å². The minimum atomic E-state index is -4.82. The summed E-state index contributed by atoms with van der Waals surface area (Å²) >= 11 is 0. The van der Waals surface area contributed by atoms with Crippen LogP contribution in [0.25, 0.3) is 0 Å². The Hall–Kier alpha value is -0.510. The predicted molar refractivity (Wildman–Crippen MR) is 103 cm³/mol. The molecule has 0 aromatic rings. The summed E-state index contributed by atoms with van der Waals surface area (Å²) in [6, 6.07) is -1.37. The van der Waals surface area contributed by atoms with Gasteiger partial charge in [0, 0.05) is 0 Å². The summed E-state index contributed by atoms with van der Waals surface area (Å²) in [5, 5.41) is 19.1. The molecular weight excluding hydrogens is 358 g/mol. The van der Waals surface area contributed by atoms with Crippen LogP contribution in [0.5, 0.6) is 0 Å². The van der Waals surface area contributed by atoms with E-state index >= 15 is 0 Å². The van der Waals surface area contributed by atoms with Crippen LogP contribution in [0, 0.1) is 0 Å². The molecule has 0 spiro atoms. The summed E-state index contributed by atoms with van der Waals surface area (Å²) in [4.78, 5) is 0. The van der Waals surface area contributed by atoms with Crippen molar-refractivity contribution in [1.82, 2.24) is 0 Å². The molecule has 3 atom stereocenters. The lowest BCUT2D eigenvalue weighted by molar-refractivity contribution is -0.0602. The molecule has 0 aliphatic heterocycles. The second-order valence-electron chi connectivity index (χ2n) is 6.73. The van der Waals surface area contributed by atoms with Crippen LogP contribution in [-0.4, -0.2) is 41.6 Å². The summed E-state index contributed by atoms with van der Waals surface area (Å²) in [5.41, 5.74) is 5.46. The van der Waals surface area contributed by atoms with Crippen molar-refractivity contribution in [3.63, 3.8) is 0 Å². The minimum Gasteiger partial charge on any atom is -0.387 e. The molecule has 156 valence electrons. The van der Waals surface area contributed by atoms with Gasteiger partial charge in [0.15, 0.2) is 6.29 Å². The van der Waals surface area contributed by atoms with Crippen molar-refractivity contribution < 1.29 is 27.4 Å². The number of hydrogen-bond acceptors (Lipinski definition) is 6. The van der Waals surface area contributed by atoms with Crippen molar-refractivity contribution in [2.24, 2.45) is 5.73 Å². The highest BCUT2D eigenvalue weighted by Crippen LogP contribution is 2.12. The second kappa shape index (κ2) is 15.5. The first kappa shape index (κ1) is 25.5. The molecular formula is C18H37NO6S. The molecule has 0 aliphatic rings. The smallest absolute Gasteiger partial charge is 0.387 e. The molecule has 0 amide bonds. The summed E-state index contributed by atoms with van der Waals surface area (Å²) in [6.45, 7) is 2.23. The molecule has 0 saturated heterocycles. The van der Waals surface area contributed by atoms with Gasteiger partial charge < -0.3 is 15.9 Å². The Morgan fingerprint density at radius 3 is 1.85 bits per heavy atom. The third-order valence-electron chi connectivity index (χ3n) is 4.25. The molecule has 5 N–H and O–H groups in total. The van der Waals surface area contributed by atoms with Crippen LogP contribution in [0.3, 0.4) is 0 Å². The molecule has 0 rings (SSSR count). The van der Waals surface area contributed by atoms with E-state index in [2.05, 4.69) is 11.1 Å². The Balaban J connectivity index is 3.62. The molecule has 8 heteroatoms. The van der Waals surface area contributed by atoms with Gasteiger partial charge in [0.1, 0.15) is 0 Å². The highest BCUT2D eigenvalue weighted by molar-refractivity contribution is 7.80. The molecule has 0 aromatic carbocycles. The largest absolute Gasteiger partial charge is 0.399 e. The normalized spacial score (nSPS) is 16.0. The van der Waals surface area contributed by atoms with Gasteiger partial charge in [-0.1, -0.05) is 83.3 Å². The Bertz CT molecular complexity index is 455. The van der Waals surface area contributed by atoms with E-state index in [1.807, 2.05) is 0 Å². The van der Waals surface area contributed by atoms with Gasteiger partial charge in [0.05, 0.1) is 12.1 Å². The lowest BCUT2D eigenvalue weighted by Gasteiger charge is -2.20. The fourth-order valence-corrected chi connectivity index (χ4v) is 3.03. The van der Waals surface area contributed by atoms with Crippen LogP contribution < -0.4 is 5.73 Å². The zero-order valence-corrected chi connectivity index (χ0v) is 16.7. The summed E-state index contributed by atoms with van der Waals surface area (Å²) in [6.07, 6.45) is 14.5. The Labute approximate surface area is 158 Å². The number of hydrogen-bond donors (Lipinski definition) is 4. The average Bonchev–Trinajstić information content (AvgIpc) is 2.56. The Morgan fingerprint density at radius 2 is 1.38 bits per heavy atom. The molecule has 0 aliphatic carbocycles. The first-order valence-corrected chi connectivity index (χ1v) is 11.1. The fraction of sp³-hybridized carbons (Fsp3) is 0.889. The average molecular weight is 396 g/mol. The molecule has 0 saturated carbocycles. The number of allylic oxidation sites excluding steroid dienone is 1. The number of aliphatic hydroxyl groups excluding tert-OH is 2. The van der Waals surface area contributed by atoms with Crippen LogP contribution in [0.1, 0.15) is 84.0 Å². The topological polar surface area (TPSA) is 130 Å². The lowest BCUT2D eigenvalue weighted by atomic mass is 10.0. The van der Waals surface area contributed by atoms with Gasteiger partial charge in [0.2, 0.25) is 0 Å². The highest BCUT2D eigenvalue weighted by atomic mass is 32.3. The van der Waals surface area contributed by atoms with Gasteiger partial charge >= 0.3 is 10.4 Å². The zero-order chi connectivity index (χ0) is 19.8. The van der Waals surface area contributed by atoms with Crippen molar-refractivity contribution in [2.75, 3.05) is 0 Å². The number of unbranched alkanes of at least 4 members (excludes halogenated alkanes) is 11. The minimum absolute atomic E-state index is 0.774. The monoisotopic (exact) mass is 395 g/mol. The maximum Gasteiger partial charge on any atom is 0.399 e. The third kappa shape index (κ3) is 15.7. The Morgan fingerprint density at radius 1 is 0.923 bits per heavy atom. The van der Waals surface area contributed by atoms with E-state index < -0.39 is 28.8 Å². The van der Waals surface area contributed by atoms with Crippen LogP contribution in [0.2, 0.25) is 0 Å². The van der Waals surface area contributed by atoms with E-state index in [4.69, 9.17) is 10.3 Å². The van der Waals surface area contributed by atoms with Crippen molar-refractivity contribution >= 4 is 10.4 Å². The molecule has 0 bridgehead atoms.